The highest BCUT2D eigenvalue weighted by Crippen LogP contribution is 2.27. The van der Waals surface area contributed by atoms with Gasteiger partial charge in [-0.25, -0.2) is 0 Å². The maximum atomic E-state index is 12.6. The average molecular weight is 324 g/mol. The van der Waals surface area contributed by atoms with Crippen molar-refractivity contribution in [3.05, 3.63) is 36.0 Å². The normalized spacial score (nSPS) is 21.5. The summed E-state index contributed by atoms with van der Waals surface area (Å²) in [6.45, 7) is 7.30. The lowest BCUT2D eigenvalue weighted by Crippen LogP contribution is -2.50. The van der Waals surface area contributed by atoms with Gasteiger partial charge in [0.2, 0.25) is 5.91 Å². The fourth-order valence-electron chi connectivity index (χ4n) is 3.81. The van der Waals surface area contributed by atoms with Gasteiger partial charge in [0, 0.05) is 50.0 Å². The predicted molar refractivity (Wildman–Crippen MR) is 96.2 cm³/mol. The minimum absolute atomic E-state index is 0.182. The molecule has 24 heavy (non-hydrogen) atoms. The Balaban J connectivity index is 1.49. The van der Waals surface area contributed by atoms with Crippen molar-refractivity contribution in [3.63, 3.8) is 0 Å². The van der Waals surface area contributed by atoms with E-state index in [4.69, 9.17) is 0 Å². The van der Waals surface area contributed by atoms with E-state index in [1.54, 1.807) is 0 Å². The van der Waals surface area contributed by atoms with Gasteiger partial charge in [0.1, 0.15) is 0 Å². The Kier molecular flexibility index (Phi) is 4.10. The third kappa shape index (κ3) is 2.84. The van der Waals surface area contributed by atoms with Gasteiger partial charge in [0.25, 0.3) is 0 Å². The molecule has 2 aliphatic heterocycles. The summed E-state index contributed by atoms with van der Waals surface area (Å²) in [5, 5.41) is 4.48. The lowest BCUT2D eigenvalue weighted by atomic mass is 10.1. The van der Waals surface area contributed by atoms with Crippen molar-refractivity contribution >= 4 is 22.5 Å². The maximum Gasteiger partial charge on any atom is 0.227 e. The first kappa shape index (κ1) is 15.4. The molecule has 2 saturated heterocycles. The molecule has 5 heteroatoms. The highest BCUT2D eigenvalue weighted by atomic mass is 16.2. The van der Waals surface area contributed by atoms with Crippen LogP contribution in [0, 0.1) is 12.8 Å². The Hall–Kier alpha value is -2.14. The highest BCUT2D eigenvalue weighted by molar-refractivity contribution is 5.92. The number of hydrogen-bond donors (Lipinski definition) is 1. The fourth-order valence-corrected chi connectivity index (χ4v) is 3.81. The molecule has 2 aliphatic rings. The molecule has 126 valence electrons. The summed E-state index contributed by atoms with van der Waals surface area (Å²) in [6, 6.07) is 8.52. The third-order valence-electron chi connectivity index (χ3n) is 5.22. The number of fused-ring (bicyclic) bond motifs is 1. The standard InChI is InChI=1S/C19H24N4O/c1-14-2-3-16-17(12-14)21-7-5-18(16)22-8-10-23(11-9-22)19(24)15-4-6-20-13-15/h2-3,5,7,12,15,20H,4,6,8-11,13H2,1H3/t15-/m0/s1. The first-order valence-corrected chi connectivity index (χ1v) is 8.82. The fraction of sp³-hybridized carbons (Fsp3) is 0.474. The summed E-state index contributed by atoms with van der Waals surface area (Å²) in [5.74, 6) is 0.510. The van der Waals surface area contributed by atoms with E-state index in [1.165, 1.54) is 16.6 Å². The Bertz CT molecular complexity index is 746. The van der Waals surface area contributed by atoms with Gasteiger partial charge in [-0.05, 0) is 37.6 Å². The Morgan fingerprint density at radius 2 is 2.04 bits per heavy atom. The van der Waals surface area contributed by atoms with E-state index < -0.39 is 0 Å². The summed E-state index contributed by atoms with van der Waals surface area (Å²) in [7, 11) is 0. The number of aryl methyl sites for hydroxylation is 1. The molecule has 0 radical (unpaired) electrons. The summed E-state index contributed by atoms with van der Waals surface area (Å²) in [6.07, 6.45) is 2.87. The van der Waals surface area contributed by atoms with Crippen LogP contribution in [0.3, 0.4) is 0 Å². The van der Waals surface area contributed by atoms with E-state index >= 15 is 0 Å². The van der Waals surface area contributed by atoms with Crippen LogP contribution in [0.2, 0.25) is 0 Å². The number of nitrogens with one attached hydrogen (secondary N) is 1. The molecule has 0 bridgehead atoms. The zero-order valence-electron chi connectivity index (χ0n) is 14.2. The van der Waals surface area contributed by atoms with Crippen LogP contribution in [-0.4, -0.2) is 55.1 Å². The summed E-state index contributed by atoms with van der Waals surface area (Å²) < 4.78 is 0. The molecule has 0 unspecified atom stereocenters. The lowest BCUT2D eigenvalue weighted by Gasteiger charge is -2.37. The maximum absolute atomic E-state index is 12.6. The third-order valence-corrected chi connectivity index (χ3v) is 5.22. The average Bonchev–Trinajstić information content (AvgIpc) is 3.15. The molecule has 1 N–H and O–H groups in total. The number of benzene rings is 1. The lowest BCUT2D eigenvalue weighted by molar-refractivity contribution is -0.135. The summed E-state index contributed by atoms with van der Waals surface area (Å²) in [4.78, 5) is 21.5. The second kappa shape index (κ2) is 6.40. The van der Waals surface area contributed by atoms with Crippen molar-refractivity contribution in [2.45, 2.75) is 13.3 Å². The Morgan fingerprint density at radius 1 is 1.21 bits per heavy atom. The van der Waals surface area contributed by atoms with Crippen LogP contribution < -0.4 is 10.2 Å². The molecule has 2 fully saturated rings. The molecule has 3 heterocycles. The van der Waals surface area contributed by atoms with Crippen LogP contribution >= 0.6 is 0 Å². The molecular weight excluding hydrogens is 300 g/mol. The molecular formula is C19H24N4O. The molecule has 2 aromatic rings. The Morgan fingerprint density at radius 3 is 2.79 bits per heavy atom. The van der Waals surface area contributed by atoms with E-state index in [0.29, 0.717) is 5.91 Å². The van der Waals surface area contributed by atoms with Gasteiger partial charge in [-0.1, -0.05) is 12.1 Å². The monoisotopic (exact) mass is 324 g/mol. The zero-order valence-corrected chi connectivity index (χ0v) is 14.2. The topological polar surface area (TPSA) is 48.5 Å². The van der Waals surface area contributed by atoms with E-state index in [-0.39, 0.29) is 5.92 Å². The number of aromatic nitrogens is 1. The minimum atomic E-state index is 0.182. The number of piperazine rings is 1. The molecule has 1 atom stereocenters. The number of carbonyl (C=O) groups is 1. The molecule has 5 nitrogen and oxygen atoms in total. The quantitative estimate of drug-likeness (QED) is 0.915. The van der Waals surface area contributed by atoms with Crippen molar-refractivity contribution in [1.29, 1.82) is 0 Å². The molecule has 4 rings (SSSR count). The van der Waals surface area contributed by atoms with Crippen molar-refractivity contribution in [2.75, 3.05) is 44.2 Å². The highest BCUT2D eigenvalue weighted by Gasteiger charge is 2.29. The van der Waals surface area contributed by atoms with Crippen LogP contribution in [-0.2, 0) is 4.79 Å². The zero-order chi connectivity index (χ0) is 16.5. The molecule has 0 aliphatic carbocycles. The van der Waals surface area contributed by atoms with E-state index in [2.05, 4.69) is 46.4 Å². The van der Waals surface area contributed by atoms with Crippen LogP contribution in [0.25, 0.3) is 10.9 Å². The van der Waals surface area contributed by atoms with Gasteiger partial charge < -0.3 is 15.1 Å². The number of pyridine rings is 1. The van der Waals surface area contributed by atoms with E-state index in [9.17, 15) is 4.79 Å². The van der Waals surface area contributed by atoms with Gasteiger partial charge in [-0.15, -0.1) is 0 Å². The van der Waals surface area contributed by atoms with Gasteiger partial charge in [-0.2, -0.15) is 0 Å². The van der Waals surface area contributed by atoms with Crippen LogP contribution in [0.15, 0.2) is 30.5 Å². The second-order valence-electron chi connectivity index (χ2n) is 6.85. The van der Waals surface area contributed by atoms with Crippen molar-refractivity contribution in [3.8, 4) is 0 Å². The molecule has 1 aromatic heterocycles. The first-order chi connectivity index (χ1) is 11.7. The number of amides is 1. The second-order valence-corrected chi connectivity index (χ2v) is 6.85. The van der Waals surface area contributed by atoms with E-state index in [0.717, 1.165) is 51.2 Å². The SMILES string of the molecule is Cc1ccc2c(N3CCN(C(=O)[C@H]4CCNC4)CC3)ccnc2c1. The van der Waals surface area contributed by atoms with Crippen LogP contribution in [0.5, 0.6) is 0 Å². The minimum Gasteiger partial charge on any atom is -0.367 e. The molecule has 0 spiro atoms. The predicted octanol–water partition coefficient (Wildman–Crippen LogP) is 1.80. The van der Waals surface area contributed by atoms with E-state index in [1.807, 2.05) is 11.1 Å². The smallest absolute Gasteiger partial charge is 0.227 e. The van der Waals surface area contributed by atoms with Crippen molar-refractivity contribution < 1.29 is 4.79 Å². The number of anilines is 1. The van der Waals surface area contributed by atoms with Crippen molar-refractivity contribution in [1.82, 2.24) is 15.2 Å². The Labute approximate surface area is 142 Å². The number of carbonyl (C=O) groups excluding carboxylic acids is 1. The first-order valence-electron chi connectivity index (χ1n) is 8.82. The summed E-state index contributed by atoms with van der Waals surface area (Å²) >= 11 is 0. The molecule has 1 amide bonds. The number of nitrogens with zero attached hydrogens (tertiary/aromatic N) is 3. The van der Waals surface area contributed by atoms with Crippen LogP contribution in [0.1, 0.15) is 12.0 Å². The number of hydrogen-bond acceptors (Lipinski definition) is 4. The van der Waals surface area contributed by atoms with Crippen LogP contribution in [0.4, 0.5) is 5.69 Å². The molecule has 1 aromatic carbocycles. The van der Waals surface area contributed by atoms with Crippen molar-refractivity contribution in [2.24, 2.45) is 5.92 Å². The number of rotatable bonds is 2. The van der Waals surface area contributed by atoms with Gasteiger partial charge in [-0.3, -0.25) is 9.78 Å². The summed E-state index contributed by atoms with van der Waals surface area (Å²) in [5.41, 5.74) is 3.51. The van der Waals surface area contributed by atoms with Gasteiger partial charge >= 0.3 is 0 Å². The largest absolute Gasteiger partial charge is 0.367 e. The molecule has 0 saturated carbocycles. The van der Waals surface area contributed by atoms with Gasteiger partial charge in [0.15, 0.2) is 0 Å². The van der Waals surface area contributed by atoms with Gasteiger partial charge in [0.05, 0.1) is 11.4 Å².